The summed E-state index contributed by atoms with van der Waals surface area (Å²) in [5, 5.41) is 12.2. The smallest absolute Gasteiger partial charge is 0.267 e. The predicted octanol–water partition coefficient (Wildman–Crippen LogP) is 3.94. The quantitative estimate of drug-likeness (QED) is 0.480. The fourth-order valence-corrected chi connectivity index (χ4v) is 4.21. The van der Waals surface area contributed by atoms with Gasteiger partial charge in [-0.3, -0.25) is 9.59 Å². The van der Waals surface area contributed by atoms with Crippen LogP contribution >= 0.6 is 0 Å². The maximum Gasteiger partial charge on any atom is 0.276 e. The Morgan fingerprint density at radius 1 is 0.885 bits per heavy atom. The first-order chi connectivity index (χ1) is 12.7. The molecule has 0 spiro atoms. The van der Waals surface area contributed by atoms with E-state index in [1.54, 1.807) is 24.3 Å². The van der Waals surface area contributed by atoms with E-state index in [0.29, 0.717) is 11.1 Å². The summed E-state index contributed by atoms with van der Waals surface area (Å²) in [4.78, 5) is 25.7. The summed E-state index contributed by atoms with van der Waals surface area (Å²) in [6.07, 6.45) is 3.82. The lowest BCUT2D eigenvalue weighted by molar-refractivity contribution is 0.0290. The van der Waals surface area contributed by atoms with Crippen LogP contribution in [0.4, 0.5) is 5.69 Å². The van der Waals surface area contributed by atoms with E-state index in [9.17, 15) is 9.59 Å². The van der Waals surface area contributed by atoms with Crippen LogP contribution in [0.2, 0.25) is 0 Å². The molecular weight excluding hydrogens is 328 g/mol. The van der Waals surface area contributed by atoms with Crippen molar-refractivity contribution in [2.75, 3.05) is 0 Å². The maximum atomic E-state index is 12.8. The number of carbonyl (C=O) groups excluding carboxylic acids is 2. The molecule has 2 heterocycles. The number of fused-ring (bicyclic) bond motifs is 2. The van der Waals surface area contributed by atoms with E-state index in [-0.39, 0.29) is 17.9 Å². The second kappa shape index (κ2) is 5.57. The van der Waals surface area contributed by atoms with E-state index in [4.69, 9.17) is 0 Å². The van der Waals surface area contributed by atoms with Crippen LogP contribution in [-0.2, 0) is 0 Å². The van der Waals surface area contributed by atoms with Gasteiger partial charge in [0.25, 0.3) is 11.8 Å². The van der Waals surface area contributed by atoms with E-state index in [2.05, 4.69) is 10.2 Å². The lowest BCUT2D eigenvalue weighted by Crippen LogP contribution is -2.39. The molecule has 0 bridgehead atoms. The zero-order valence-corrected chi connectivity index (χ0v) is 14.2. The Kier molecular flexibility index (Phi) is 3.30. The Morgan fingerprint density at radius 2 is 1.54 bits per heavy atom. The van der Waals surface area contributed by atoms with Gasteiger partial charge in [-0.1, -0.05) is 36.8 Å². The lowest BCUT2D eigenvalue weighted by atomic mass is 9.96. The van der Waals surface area contributed by atoms with E-state index >= 15 is 0 Å². The van der Waals surface area contributed by atoms with Crippen molar-refractivity contribution in [2.24, 2.45) is 10.2 Å². The van der Waals surface area contributed by atoms with Crippen LogP contribution in [0.15, 0.2) is 64.8 Å². The number of hydrogen-bond acceptors (Lipinski definition) is 5. The molecule has 1 aliphatic carbocycles. The van der Waals surface area contributed by atoms with Gasteiger partial charge < -0.3 is 0 Å². The van der Waals surface area contributed by atoms with Gasteiger partial charge in [0.1, 0.15) is 0 Å². The molecule has 6 heteroatoms. The van der Waals surface area contributed by atoms with Gasteiger partial charge in [-0.2, -0.15) is 20.2 Å². The summed E-state index contributed by atoms with van der Waals surface area (Å²) in [6, 6.07) is 16.6. The van der Waals surface area contributed by atoms with E-state index in [1.807, 2.05) is 35.3 Å². The Morgan fingerprint density at radius 3 is 2.23 bits per heavy atom. The molecule has 3 atom stereocenters. The molecule has 0 N–H and O–H groups in total. The van der Waals surface area contributed by atoms with Gasteiger partial charge in [-0.15, -0.1) is 0 Å². The van der Waals surface area contributed by atoms with Gasteiger partial charge in [0.15, 0.2) is 5.66 Å². The molecule has 6 nitrogen and oxygen atoms in total. The SMILES string of the molecule is O=C1c2ccccc2C(=O)N1N1[C@H]2CCCC[C@@]21N=Nc1ccccc1. The zero-order valence-electron chi connectivity index (χ0n) is 14.2. The Balaban J connectivity index is 1.49. The second-order valence-electron chi connectivity index (χ2n) is 6.99. The molecule has 2 aromatic carbocycles. The van der Waals surface area contributed by atoms with Crippen molar-refractivity contribution < 1.29 is 9.59 Å². The van der Waals surface area contributed by atoms with Gasteiger partial charge >= 0.3 is 0 Å². The average molecular weight is 346 g/mol. The Hall–Kier alpha value is -2.86. The summed E-state index contributed by atoms with van der Waals surface area (Å²) in [7, 11) is 0. The fourth-order valence-electron chi connectivity index (χ4n) is 4.21. The summed E-state index contributed by atoms with van der Waals surface area (Å²) in [5.74, 6) is -0.511. The van der Waals surface area contributed by atoms with Crippen molar-refractivity contribution in [3.63, 3.8) is 0 Å². The van der Waals surface area contributed by atoms with Crippen molar-refractivity contribution in [3.8, 4) is 0 Å². The highest BCUT2D eigenvalue weighted by Crippen LogP contribution is 2.54. The summed E-state index contributed by atoms with van der Waals surface area (Å²) in [5.41, 5.74) is 1.15. The largest absolute Gasteiger partial charge is 0.276 e. The van der Waals surface area contributed by atoms with Crippen LogP contribution in [0.3, 0.4) is 0 Å². The predicted molar refractivity (Wildman–Crippen MR) is 94.7 cm³/mol. The number of azo groups is 1. The third kappa shape index (κ3) is 2.08. The van der Waals surface area contributed by atoms with Gasteiger partial charge in [-0.05, 0) is 43.5 Å². The highest BCUT2D eigenvalue weighted by molar-refractivity contribution is 6.21. The molecule has 5 rings (SSSR count). The highest BCUT2D eigenvalue weighted by Gasteiger charge is 2.70. The molecule has 2 fully saturated rings. The first kappa shape index (κ1) is 15.4. The van der Waals surface area contributed by atoms with Crippen molar-refractivity contribution in [3.05, 3.63) is 65.7 Å². The van der Waals surface area contributed by atoms with Crippen molar-refractivity contribution in [2.45, 2.75) is 37.4 Å². The third-order valence-corrected chi connectivity index (χ3v) is 5.51. The molecule has 130 valence electrons. The van der Waals surface area contributed by atoms with Crippen LogP contribution in [0, 0.1) is 0 Å². The molecule has 1 saturated carbocycles. The molecule has 1 saturated heterocycles. The minimum atomic E-state index is -0.568. The van der Waals surface area contributed by atoms with Crippen molar-refractivity contribution >= 4 is 17.5 Å². The Bertz CT molecular complexity index is 891. The summed E-state index contributed by atoms with van der Waals surface area (Å²) >= 11 is 0. The molecule has 2 amide bonds. The molecule has 26 heavy (non-hydrogen) atoms. The van der Waals surface area contributed by atoms with Crippen LogP contribution < -0.4 is 0 Å². The monoisotopic (exact) mass is 346 g/mol. The Labute approximate surface area is 151 Å². The van der Waals surface area contributed by atoms with Gasteiger partial charge in [0.05, 0.1) is 22.9 Å². The first-order valence-electron chi connectivity index (χ1n) is 8.97. The number of nitrogens with zero attached hydrogens (tertiary/aromatic N) is 4. The number of rotatable bonds is 3. The molecule has 0 aromatic heterocycles. The van der Waals surface area contributed by atoms with Gasteiger partial charge in [0, 0.05) is 0 Å². The van der Waals surface area contributed by atoms with E-state index < -0.39 is 5.66 Å². The first-order valence-corrected chi connectivity index (χ1v) is 8.97. The number of hydrogen-bond donors (Lipinski definition) is 0. The normalized spacial score (nSPS) is 29.8. The van der Waals surface area contributed by atoms with Crippen LogP contribution in [0.5, 0.6) is 0 Å². The molecule has 3 aliphatic rings. The van der Waals surface area contributed by atoms with Gasteiger partial charge in [0.2, 0.25) is 0 Å². The highest BCUT2D eigenvalue weighted by atomic mass is 16.2. The number of imide groups is 1. The van der Waals surface area contributed by atoms with Crippen LogP contribution in [0.1, 0.15) is 46.4 Å². The zero-order chi connectivity index (χ0) is 17.7. The maximum absolute atomic E-state index is 12.8. The molecule has 0 radical (unpaired) electrons. The summed E-state index contributed by atoms with van der Waals surface area (Å²) < 4.78 is 0. The number of amides is 2. The summed E-state index contributed by atoms with van der Waals surface area (Å²) in [6.45, 7) is 0. The van der Waals surface area contributed by atoms with Crippen LogP contribution in [-0.4, -0.2) is 33.5 Å². The molecule has 1 unspecified atom stereocenters. The lowest BCUT2D eigenvalue weighted by Gasteiger charge is -2.19. The molecule has 2 aliphatic heterocycles. The minimum Gasteiger partial charge on any atom is -0.267 e. The second-order valence-corrected chi connectivity index (χ2v) is 6.99. The number of hydrazine groups is 1. The van der Waals surface area contributed by atoms with Crippen molar-refractivity contribution in [1.29, 1.82) is 0 Å². The number of benzene rings is 2. The molecule has 2 aromatic rings. The fraction of sp³-hybridized carbons (Fsp3) is 0.300. The average Bonchev–Trinajstić information content (AvgIpc) is 3.28. The van der Waals surface area contributed by atoms with E-state index in [1.165, 1.54) is 5.01 Å². The standard InChI is InChI=1S/C20H18N4O2/c25-18-15-10-4-5-11-16(15)19(26)23(18)24-17-12-6-7-13-20(17,24)22-21-14-8-2-1-3-9-14/h1-5,8-11,17H,6-7,12-13H2/t17-,20-,24?/m0/s1. The van der Waals surface area contributed by atoms with Crippen LogP contribution in [0.25, 0.3) is 0 Å². The third-order valence-electron chi connectivity index (χ3n) is 5.51. The topological polar surface area (TPSA) is 65.1 Å². The number of carbonyl (C=O) groups is 2. The van der Waals surface area contributed by atoms with E-state index in [0.717, 1.165) is 31.4 Å². The minimum absolute atomic E-state index is 0.0610. The van der Waals surface area contributed by atoms with Crippen molar-refractivity contribution in [1.82, 2.24) is 10.0 Å². The van der Waals surface area contributed by atoms with Gasteiger partial charge in [-0.25, -0.2) is 0 Å². The molecular formula is C20H18N4O2.